The molecular weight excluding hydrogens is 299 g/mol. The van der Waals surface area contributed by atoms with E-state index >= 15 is 0 Å². The molecule has 0 unspecified atom stereocenters. The monoisotopic (exact) mass is 312 g/mol. The van der Waals surface area contributed by atoms with Gasteiger partial charge in [-0.25, -0.2) is 0 Å². The number of halogens is 1. The summed E-state index contributed by atoms with van der Waals surface area (Å²) in [6.45, 7) is 3.60. The van der Waals surface area contributed by atoms with Crippen LogP contribution in [0.3, 0.4) is 0 Å². The summed E-state index contributed by atoms with van der Waals surface area (Å²) in [5.74, 6) is 0.884. The van der Waals surface area contributed by atoms with Gasteiger partial charge in [0.15, 0.2) is 23.0 Å². The van der Waals surface area contributed by atoms with Crippen LogP contribution in [0.1, 0.15) is 5.56 Å². The zero-order chi connectivity index (χ0) is 10.9. The van der Waals surface area contributed by atoms with Gasteiger partial charge < -0.3 is 3.07 Å². The predicted octanol–water partition coefficient (Wildman–Crippen LogP) is 4.26. The first-order valence-corrected chi connectivity index (χ1v) is 5.56. The first-order valence-electron chi connectivity index (χ1n) is 4.68. The standard InChI is InChI=1S/C13H13IO/c1-2-3-4-5-6-7-12-8-10-13(15-14)11-9-12/h2-6,8-11H,1,7H2/b4-3-,6-5-. The van der Waals surface area contributed by atoms with Crippen LogP contribution in [0.2, 0.25) is 0 Å². The van der Waals surface area contributed by atoms with Crippen molar-refractivity contribution in [2.45, 2.75) is 6.42 Å². The number of allylic oxidation sites excluding steroid dienone is 5. The highest BCUT2D eigenvalue weighted by atomic mass is 127. The lowest BCUT2D eigenvalue weighted by Crippen LogP contribution is -1.80. The Kier molecular flexibility index (Phi) is 5.85. The van der Waals surface area contributed by atoms with Crippen LogP contribution in [0, 0.1) is 0 Å². The smallest absolute Gasteiger partial charge is 0.192 e. The van der Waals surface area contributed by atoms with Crippen LogP contribution in [0.5, 0.6) is 5.75 Å². The van der Waals surface area contributed by atoms with Gasteiger partial charge in [0.1, 0.15) is 5.75 Å². The fourth-order valence-electron chi connectivity index (χ4n) is 1.10. The second-order valence-corrected chi connectivity index (χ2v) is 3.41. The minimum Gasteiger partial charge on any atom is -0.428 e. The number of rotatable bonds is 5. The van der Waals surface area contributed by atoms with Crippen LogP contribution < -0.4 is 3.07 Å². The van der Waals surface area contributed by atoms with Gasteiger partial charge in [0.25, 0.3) is 0 Å². The second kappa shape index (κ2) is 7.29. The maximum Gasteiger partial charge on any atom is 0.192 e. The molecule has 1 aromatic rings. The number of hydrogen-bond acceptors (Lipinski definition) is 1. The molecule has 0 aliphatic carbocycles. The predicted molar refractivity (Wildman–Crippen MR) is 73.3 cm³/mol. The molecule has 1 rings (SSSR count). The molecular formula is C13H13IO. The van der Waals surface area contributed by atoms with E-state index in [-0.39, 0.29) is 0 Å². The van der Waals surface area contributed by atoms with Crippen LogP contribution in [0.25, 0.3) is 0 Å². The quantitative estimate of drug-likeness (QED) is 0.583. The fraction of sp³-hybridized carbons (Fsp3) is 0.0769. The Morgan fingerprint density at radius 2 is 1.87 bits per heavy atom. The van der Waals surface area contributed by atoms with Gasteiger partial charge in [-0.05, 0) is 24.1 Å². The summed E-state index contributed by atoms with van der Waals surface area (Å²) in [7, 11) is 0. The summed E-state index contributed by atoms with van der Waals surface area (Å²) in [5.41, 5.74) is 1.27. The van der Waals surface area contributed by atoms with Crippen molar-refractivity contribution < 1.29 is 3.07 Å². The van der Waals surface area contributed by atoms with Gasteiger partial charge in [-0.15, -0.1) is 0 Å². The first kappa shape index (κ1) is 12.0. The van der Waals surface area contributed by atoms with E-state index < -0.39 is 0 Å². The van der Waals surface area contributed by atoms with E-state index in [1.54, 1.807) is 6.08 Å². The van der Waals surface area contributed by atoms with Gasteiger partial charge in [0.05, 0.1) is 0 Å². The van der Waals surface area contributed by atoms with Crippen LogP contribution in [0.4, 0.5) is 0 Å². The average molecular weight is 312 g/mol. The van der Waals surface area contributed by atoms with E-state index in [1.165, 1.54) is 5.56 Å². The highest BCUT2D eigenvalue weighted by Gasteiger charge is 1.91. The van der Waals surface area contributed by atoms with E-state index in [4.69, 9.17) is 3.07 Å². The Morgan fingerprint density at radius 3 is 2.47 bits per heavy atom. The minimum absolute atomic E-state index is 0.884. The van der Waals surface area contributed by atoms with Gasteiger partial charge in [0, 0.05) is 0 Å². The summed E-state index contributed by atoms with van der Waals surface area (Å²) in [6.07, 6.45) is 10.7. The van der Waals surface area contributed by atoms with Gasteiger partial charge in [0.2, 0.25) is 0 Å². The van der Waals surface area contributed by atoms with Crippen molar-refractivity contribution in [2.24, 2.45) is 0 Å². The van der Waals surface area contributed by atoms with E-state index in [9.17, 15) is 0 Å². The fourth-order valence-corrected chi connectivity index (χ4v) is 1.40. The van der Waals surface area contributed by atoms with Crippen LogP contribution in [-0.4, -0.2) is 0 Å². The molecule has 0 saturated carbocycles. The molecule has 0 fully saturated rings. The summed E-state index contributed by atoms with van der Waals surface area (Å²) < 4.78 is 5.06. The van der Waals surface area contributed by atoms with Crippen LogP contribution in [-0.2, 0) is 6.42 Å². The Balaban J connectivity index is 2.47. The molecule has 0 atom stereocenters. The molecule has 78 valence electrons. The highest BCUT2D eigenvalue weighted by molar-refractivity contribution is 14.1. The zero-order valence-corrected chi connectivity index (χ0v) is 10.6. The first-order chi connectivity index (χ1) is 7.36. The lowest BCUT2D eigenvalue weighted by Gasteiger charge is -1.98. The van der Waals surface area contributed by atoms with Crippen molar-refractivity contribution in [2.75, 3.05) is 0 Å². The molecule has 2 heteroatoms. The van der Waals surface area contributed by atoms with Crippen molar-refractivity contribution >= 4 is 23.0 Å². The maximum absolute atomic E-state index is 5.06. The molecule has 0 amide bonds. The third-order valence-corrected chi connectivity index (χ3v) is 2.37. The Morgan fingerprint density at radius 1 is 1.13 bits per heavy atom. The van der Waals surface area contributed by atoms with Gasteiger partial charge >= 0.3 is 0 Å². The Bertz CT molecular complexity index is 349. The molecule has 1 nitrogen and oxygen atoms in total. The van der Waals surface area contributed by atoms with E-state index in [1.807, 2.05) is 53.4 Å². The largest absolute Gasteiger partial charge is 0.428 e. The summed E-state index contributed by atoms with van der Waals surface area (Å²) in [5, 5.41) is 0. The Hall–Kier alpha value is -1.03. The van der Waals surface area contributed by atoms with Gasteiger partial charge in [-0.3, -0.25) is 0 Å². The topological polar surface area (TPSA) is 9.23 Å². The van der Waals surface area contributed by atoms with E-state index in [0.717, 1.165) is 12.2 Å². The third-order valence-electron chi connectivity index (χ3n) is 1.86. The van der Waals surface area contributed by atoms with Crippen molar-refractivity contribution in [3.05, 3.63) is 66.8 Å². The molecule has 1 aromatic carbocycles. The summed E-state index contributed by atoms with van der Waals surface area (Å²) in [4.78, 5) is 0. The normalized spacial score (nSPS) is 11.0. The summed E-state index contributed by atoms with van der Waals surface area (Å²) in [6, 6.07) is 8.06. The zero-order valence-electron chi connectivity index (χ0n) is 8.40. The van der Waals surface area contributed by atoms with Crippen molar-refractivity contribution in [1.82, 2.24) is 0 Å². The van der Waals surface area contributed by atoms with Crippen molar-refractivity contribution in [3.63, 3.8) is 0 Å². The van der Waals surface area contributed by atoms with Crippen molar-refractivity contribution in [3.8, 4) is 5.75 Å². The van der Waals surface area contributed by atoms with Gasteiger partial charge in [-0.2, -0.15) is 0 Å². The van der Waals surface area contributed by atoms with Crippen molar-refractivity contribution in [1.29, 1.82) is 0 Å². The molecule has 0 aliphatic rings. The lowest BCUT2D eigenvalue weighted by molar-refractivity contribution is 0.716. The maximum atomic E-state index is 5.06. The Labute approximate surface area is 105 Å². The SMILES string of the molecule is C=C/C=C\C=C/Cc1ccc(OI)cc1. The molecule has 0 aliphatic heterocycles. The molecule has 0 N–H and O–H groups in total. The molecule has 0 bridgehead atoms. The molecule has 0 heterocycles. The molecule has 0 radical (unpaired) electrons. The average Bonchev–Trinajstić information content (AvgIpc) is 2.30. The lowest BCUT2D eigenvalue weighted by atomic mass is 10.1. The second-order valence-electron chi connectivity index (χ2n) is 2.97. The summed E-state index contributed by atoms with van der Waals surface area (Å²) >= 11 is 1.88. The molecule has 0 saturated heterocycles. The number of benzene rings is 1. The molecule has 15 heavy (non-hydrogen) atoms. The van der Waals surface area contributed by atoms with Gasteiger partial charge in [-0.1, -0.05) is 49.1 Å². The van der Waals surface area contributed by atoms with Crippen LogP contribution in [0.15, 0.2) is 61.2 Å². The molecule has 0 aromatic heterocycles. The van der Waals surface area contributed by atoms with Crippen LogP contribution >= 0.6 is 23.0 Å². The third kappa shape index (κ3) is 4.83. The minimum atomic E-state index is 0.884. The highest BCUT2D eigenvalue weighted by Crippen LogP contribution is 2.14. The molecule has 0 spiro atoms. The van der Waals surface area contributed by atoms with E-state index in [0.29, 0.717) is 0 Å². The van der Waals surface area contributed by atoms with E-state index in [2.05, 4.69) is 24.8 Å². The number of hydrogen-bond donors (Lipinski definition) is 0.